The van der Waals surface area contributed by atoms with E-state index in [2.05, 4.69) is 10.2 Å². The van der Waals surface area contributed by atoms with Crippen molar-refractivity contribution in [1.29, 1.82) is 0 Å². The highest BCUT2D eigenvalue weighted by Crippen LogP contribution is 2.33. The monoisotopic (exact) mass is 257 g/mol. The van der Waals surface area contributed by atoms with Gasteiger partial charge < -0.3 is 9.32 Å². The third-order valence-electron chi connectivity index (χ3n) is 3.35. The molecule has 1 saturated heterocycles. The Kier molecular flexibility index (Phi) is 3.03. The summed E-state index contributed by atoms with van der Waals surface area (Å²) in [5.41, 5.74) is 1.11. The van der Waals surface area contributed by atoms with E-state index in [0.717, 1.165) is 12.0 Å². The van der Waals surface area contributed by atoms with Gasteiger partial charge in [0.05, 0.1) is 0 Å². The van der Waals surface area contributed by atoms with Gasteiger partial charge in [-0.25, -0.2) is 0 Å². The zero-order chi connectivity index (χ0) is 13.2. The Bertz CT molecular complexity index is 579. The van der Waals surface area contributed by atoms with Gasteiger partial charge in [0.1, 0.15) is 6.04 Å². The van der Waals surface area contributed by atoms with E-state index < -0.39 is 0 Å². The average Bonchev–Trinajstić information content (AvgIpc) is 2.99. The lowest BCUT2D eigenvalue weighted by Crippen LogP contribution is -2.27. The van der Waals surface area contributed by atoms with Crippen molar-refractivity contribution in [2.45, 2.75) is 32.4 Å². The first-order chi connectivity index (χ1) is 9.24. The molecular formula is C14H15N3O2. The van der Waals surface area contributed by atoms with E-state index in [9.17, 15) is 4.79 Å². The Labute approximate surface area is 111 Å². The van der Waals surface area contributed by atoms with Crippen LogP contribution in [0.5, 0.6) is 0 Å². The lowest BCUT2D eigenvalue weighted by Gasteiger charge is -2.22. The molecule has 1 aliphatic heterocycles. The Hall–Kier alpha value is -2.17. The molecule has 0 spiro atoms. The van der Waals surface area contributed by atoms with Crippen LogP contribution in [0.2, 0.25) is 0 Å². The fourth-order valence-corrected chi connectivity index (χ4v) is 2.42. The predicted molar refractivity (Wildman–Crippen MR) is 68.0 cm³/mol. The number of carbonyl (C=O) groups is 1. The van der Waals surface area contributed by atoms with Gasteiger partial charge in [0.2, 0.25) is 17.7 Å². The fraction of sp³-hybridized carbons (Fsp3) is 0.357. The van der Waals surface area contributed by atoms with Crippen molar-refractivity contribution in [3.05, 3.63) is 47.7 Å². The number of likely N-dealkylation sites (tertiary alicyclic amines) is 1. The van der Waals surface area contributed by atoms with Crippen molar-refractivity contribution in [2.75, 3.05) is 0 Å². The third-order valence-corrected chi connectivity index (χ3v) is 3.35. The van der Waals surface area contributed by atoms with Crippen molar-refractivity contribution in [3.63, 3.8) is 0 Å². The van der Waals surface area contributed by atoms with Gasteiger partial charge in [-0.3, -0.25) is 4.79 Å². The summed E-state index contributed by atoms with van der Waals surface area (Å²) < 4.78 is 5.47. The summed E-state index contributed by atoms with van der Waals surface area (Å²) >= 11 is 0. The van der Waals surface area contributed by atoms with Crippen LogP contribution in [0.3, 0.4) is 0 Å². The molecule has 2 heterocycles. The van der Waals surface area contributed by atoms with Crippen LogP contribution in [0.1, 0.15) is 36.2 Å². The highest BCUT2D eigenvalue weighted by molar-refractivity contribution is 5.78. The van der Waals surface area contributed by atoms with Gasteiger partial charge in [0.15, 0.2) is 0 Å². The van der Waals surface area contributed by atoms with Crippen molar-refractivity contribution < 1.29 is 9.21 Å². The van der Waals surface area contributed by atoms with Gasteiger partial charge in [-0.1, -0.05) is 30.3 Å². The molecule has 3 rings (SSSR count). The Morgan fingerprint density at radius 2 is 2.11 bits per heavy atom. The largest absolute Gasteiger partial charge is 0.423 e. The van der Waals surface area contributed by atoms with Crippen molar-refractivity contribution >= 4 is 5.91 Å². The number of rotatable bonds is 3. The maximum atomic E-state index is 12.0. The van der Waals surface area contributed by atoms with E-state index in [0.29, 0.717) is 24.7 Å². The molecule has 19 heavy (non-hydrogen) atoms. The summed E-state index contributed by atoms with van der Waals surface area (Å²) in [5.74, 6) is 1.22. The smallest absolute Gasteiger partial charge is 0.238 e. The molecule has 1 aromatic carbocycles. The molecule has 1 amide bonds. The van der Waals surface area contributed by atoms with E-state index in [-0.39, 0.29) is 11.9 Å². The molecule has 1 aromatic heterocycles. The van der Waals surface area contributed by atoms with Crippen molar-refractivity contribution in [3.8, 4) is 0 Å². The number of carbonyl (C=O) groups excluding carboxylic acids is 1. The second-order valence-electron chi connectivity index (χ2n) is 4.72. The number of aromatic nitrogens is 2. The van der Waals surface area contributed by atoms with Gasteiger partial charge in [-0.2, -0.15) is 0 Å². The molecule has 0 unspecified atom stereocenters. The minimum atomic E-state index is -0.0890. The predicted octanol–water partition coefficient (Wildman–Crippen LogP) is 2.24. The van der Waals surface area contributed by atoms with Gasteiger partial charge in [-0.05, 0) is 12.0 Å². The standard InChI is InChI=1S/C14H15N3O2/c1-10-15-16-14(19-10)12-7-8-13(18)17(12)9-11-5-3-2-4-6-11/h2-6,12H,7-9H2,1H3/t12-/m1/s1. The first-order valence-corrected chi connectivity index (χ1v) is 6.37. The lowest BCUT2D eigenvalue weighted by atomic mass is 10.2. The molecular weight excluding hydrogens is 242 g/mol. The molecule has 0 radical (unpaired) electrons. The van der Waals surface area contributed by atoms with E-state index in [4.69, 9.17) is 4.42 Å². The summed E-state index contributed by atoms with van der Waals surface area (Å²) in [4.78, 5) is 13.8. The number of hydrogen-bond donors (Lipinski definition) is 0. The fourth-order valence-electron chi connectivity index (χ4n) is 2.42. The van der Waals surface area contributed by atoms with Crippen LogP contribution in [0.15, 0.2) is 34.7 Å². The van der Waals surface area contributed by atoms with Gasteiger partial charge in [-0.15, -0.1) is 10.2 Å². The molecule has 0 bridgehead atoms. The summed E-state index contributed by atoms with van der Waals surface area (Å²) in [6.07, 6.45) is 1.28. The molecule has 5 heteroatoms. The average molecular weight is 257 g/mol. The topological polar surface area (TPSA) is 59.2 Å². The lowest BCUT2D eigenvalue weighted by molar-refractivity contribution is -0.129. The maximum Gasteiger partial charge on any atom is 0.238 e. The van der Waals surface area contributed by atoms with Crippen LogP contribution >= 0.6 is 0 Å². The zero-order valence-corrected chi connectivity index (χ0v) is 10.7. The van der Waals surface area contributed by atoms with Crippen molar-refractivity contribution in [2.24, 2.45) is 0 Å². The maximum absolute atomic E-state index is 12.0. The van der Waals surface area contributed by atoms with E-state index in [1.54, 1.807) is 6.92 Å². The molecule has 2 aromatic rings. The number of nitrogens with zero attached hydrogens (tertiary/aromatic N) is 3. The first kappa shape index (κ1) is 11.9. The van der Waals surface area contributed by atoms with Gasteiger partial charge in [0, 0.05) is 19.9 Å². The molecule has 98 valence electrons. The van der Waals surface area contributed by atoms with E-state index in [1.807, 2.05) is 35.2 Å². The third kappa shape index (κ3) is 2.36. The molecule has 0 aliphatic carbocycles. The SMILES string of the molecule is Cc1nnc([C@H]2CCC(=O)N2Cc2ccccc2)o1. The minimum absolute atomic E-state index is 0.0890. The summed E-state index contributed by atoms with van der Waals surface area (Å²) in [6.45, 7) is 2.35. The highest BCUT2D eigenvalue weighted by atomic mass is 16.4. The van der Waals surface area contributed by atoms with Crippen LogP contribution in [-0.2, 0) is 11.3 Å². The van der Waals surface area contributed by atoms with Crippen LogP contribution < -0.4 is 0 Å². The Morgan fingerprint density at radius 1 is 1.32 bits per heavy atom. The highest BCUT2D eigenvalue weighted by Gasteiger charge is 2.35. The number of amides is 1. The van der Waals surface area contributed by atoms with E-state index >= 15 is 0 Å². The Balaban J connectivity index is 1.83. The van der Waals surface area contributed by atoms with Gasteiger partial charge in [0.25, 0.3) is 0 Å². The van der Waals surface area contributed by atoms with Crippen LogP contribution in [0.25, 0.3) is 0 Å². The molecule has 0 saturated carbocycles. The normalized spacial score (nSPS) is 19.1. The summed E-state index contributed by atoms with van der Waals surface area (Å²) in [7, 11) is 0. The second-order valence-corrected chi connectivity index (χ2v) is 4.72. The Morgan fingerprint density at radius 3 is 2.79 bits per heavy atom. The zero-order valence-electron chi connectivity index (χ0n) is 10.7. The number of aryl methyl sites for hydroxylation is 1. The summed E-state index contributed by atoms with van der Waals surface area (Å²) in [6, 6.07) is 9.86. The number of benzene rings is 1. The molecule has 5 nitrogen and oxygen atoms in total. The van der Waals surface area contributed by atoms with Crippen LogP contribution in [0, 0.1) is 6.92 Å². The minimum Gasteiger partial charge on any atom is -0.423 e. The van der Waals surface area contributed by atoms with Crippen LogP contribution in [-0.4, -0.2) is 21.0 Å². The van der Waals surface area contributed by atoms with Crippen molar-refractivity contribution in [1.82, 2.24) is 15.1 Å². The second kappa shape index (κ2) is 4.84. The molecule has 1 aliphatic rings. The quantitative estimate of drug-likeness (QED) is 0.846. The first-order valence-electron chi connectivity index (χ1n) is 6.37. The molecule has 1 atom stereocenters. The van der Waals surface area contributed by atoms with Gasteiger partial charge >= 0.3 is 0 Å². The van der Waals surface area contributed by atoms with Crippen LogP contribution in [0.4, 0.5) is 0 Å². The number of hydrogen-bond acceptors (Lipinski definition) is 4. The molecule has 0 N–H and O–H groups in total. The van der Waals surface area contributed by atoms with E-state index in [1.165, 1.54) is 0 Å². The molecule has 1 fully saturated rings. The summed E-state index contributed by atoms with van der Waals surface area (Å²) in [5, 5.41) is 7.89.